The van der Waals surface area contributed by atoms with Crippen LogP contribution in [0.3, 0.4) is 0 Å². The number of ether oxygens (including phenoxy) is 1. The fraction of sp³-hybridized carbons (Fsp3) is 0.226. The SMILES string of the molecule is CN1c2ccc(C(=O)O)cc2C(C)(C)[C@@]12C=Nc1c(cc(N3CCc4ccccc43)c3ccccc13)O2. The van der Waals surface area contributed by atoms with Crippen LogP contribution in [-0.4, -0.2) is 36.6 Å². The van der Waals surface area contributed by atoms with Crippen LogP contribution in [0, 0.1) is 0 Å². The van der Waals surface area contributed by atoms with E-state index in [1.165, 1.54) is 11.3 Å². The van der Waals surface area contributed by atoms with Crippen molar-refractivity contribution in [1.29, 1.82) is 0 Å². The van der Waals surface area contributed by atoms with Crippen molar-refractivity contribution >= 4 is 45.7 Å². The van der Waals surface area contributed by atoms with Crippen LogP contribution in [0.2, 0.25) is 0 Å². The summed E-state index contributed by atoms with van der Waals surface area (Å²) in [6, 6.07) is 24.4. The second kappa shape index (κ2) is 7.35. The van der Waals surface area contributed by atoms with Crippen molar-refractivity contribution in [3.05, 3.63) is 89.5 Å². The summed E-state index contributed by atoms with van der Waals surface area (Å²) in [6.07, 6.45) is 2.90. The van der Waals surface area contributed by atoms with Crippen LogP contribution >= 0.6 is 0 Å². The van der Waals surface area contributed by atoms with Crippen molar-refractivity contribution in [3.63, 3.8) is 0 Å². The van der Waals surface area contributed by atoms with Crippen LogP contribution in [0.1, 0.15) is 35.3 Å². The second-order valence-electron chi connectivity index (χ2n) is 10.6. The van der Waals surface area contributed by atoms with Crippen LogP contribution < -0.4 is 14.5 Å². The van der Waals surface area contributed by atoms with Gasteiger partial charge in [0.05, 0.1) is 22.9 Å². The number of likely N-dealkylation sites (N-methyl/N-ethyl adjacent to an activating group) is 1. The fourth-order valence-corrected chi connectivity index (χ4v) is 6.38. The molecule has 1 N–H and O–H groups in total. The number of aromatic carboxylic acids is 1. The normalized spacial score (nSPS) is 20.6. The smallest absolute Gasteiger partial charge is 0.335 e. The average Bonchev–Trinajstić information content (AvgIpc) is 3.40. The van der Waals surface area contributed by atoms with Gasteiger partial charge in [-0.3, -0.25) is 4.99 Å². The van der Waals surface area contributed by atoms with E-state index >= 15 is 0 Å². The maximum atomic E-state index is 11.7. The summed E-state index contributed by atoms with van der Waals surface area (Å²) in [5.41, 5.74) is 5.19. The van der Waals surface area contributed by atoms with Gasteiger partial charge in [-0.25, -0.2) is 4.79 Å². The average molecular weight is 490 g/mol. The summed E-state index contributed by atoms with van der Waals surface area (Å²) < 4.78 is 6.99. The lowest BCUT2D eigenvalue weighted by Gasteiger charge is -2.45. The Balaban J connectivity index is 1.40. The molecule has 0 aliphatic carbocycles. The van der Waals surface area contributed by atoms with Crippen molar-refractivity contribution < 1.29 is 14.6 Å². The molecule has 0 saturated heterocycles. The van der Waals surface area contributed by atoms with Gasteiger partial charge in [-0.05, 0) is 55.7 Å². The van der Waals surface area contributed by atoms with Crippen LogP contribution in [0.5, 0.6) is 5.75 Å². The number of para-hydroxylation sites is 1. The van der Waals surface area contributed by atoms with Crippen molar-refractivity contribution in [2.75, 3.05) is 23.4 Å². The third kappa shape index (κ3) is 2.81. The van der Waals surface area contributed by atoms with E-state index in [2.05, 4.69) is 72.2 Å². The molecule has 1 atom stereocenters. The minimum absolute atomic E-state index is 0.270. The van der Waals surface area contributed by atoms with Gasteiger partial charge in [0, 0.05) is 41.8 Å². The highest BCUT2D eigenvalue weighted by molar-refractivity contribution is 6.07. The molecule has 0 fully saturated rings. The topological polar surface area (TPSA) is 65.4 Å². The Kier molecular flexibility index (Phi) is 4.36. The molecule has 184 valence electrons. The monoisotopic (exact) mass is 489 g/mol. The molecule has 6 nitrogen and oxygen atoms in total. The summed E-state index contributed by atoms with van der Waals surface area (Å²) in [6.45, 7) is 5.10. The molecule has 3 aliphatic rings. The first kappa shape index (κ1) is 21.9. The summed E-state index contributed by atoms with van der Waals surface area (Å²) in [5.74, 6) is -0.209. The zero-order valence-electron chi connectivity index (χ0n) is 21.0. The second-order valence-corrected chi connectivity index (χ2v) is 10.6. The Morgan fingerprint density at radius 3 is 2.51 bits per heavy atom. The lowest BCUT2D eigenvalue weighted by atomic mass is 9.77. The molecule has 7 rings (SSSR count). The lowest BCUT2D eigenvalue weighted by molar-refractivity contribution is 0.0695. The van der Waals surface area contributed by atoms with Crippen molar-refractivity contribution in [2.24, 2.45) is 4.99 Å². The van der Waals surface area contributed by atoms with Crippen LogP contribution in [0.15, 0.2) is 77.8 Å². The molecule has 1 spiro atoms. The van der Waals surface area contributed by atoms with Crippen molar-refractivity contribution in [2.45, 2.75) is 31.4 Å². The van der Waals surface area contributed by atoms with Crippen LogP contribution in [-0.2, 0) is 11.8 Å². The molecule has 0 radical (unpaired) electrons. The number of nitrogens with zero attached hydrogens (tertiary/aromatic N) is 3. The van der Waals surface area contributed by atoms with E-state index in [9.17, 15) is 9.90 Å². The number of carboxylic acid groups (broad SMARTS) is 1. The van der Waals surface area contributed by atoms with E-state index in [1.54, 1.807) is 12.1 Å². The molecule has 6 heteroatoms. The van der Waals surface area contributed by atoms with Crippen LogP contribution in [0.4, 0.5) is 22.7 Å². The molecule has 3 heterocycles. The van der Waals surface area contributed by atoms with E-state index < -0.39 is 17.1 Å². The molecule has 0 aromatic heterocycles. The first-order valence-corrected chi connectivity index (χ1v) is 12.6. The molecule has 4 aromatic rings. The molecule has 0 saturated carbocycles. The predicted molar refractivity (Wildman–Crippen MR) is 147 cm³/mol. The van der Waals surface area contributed by atoms with E-state index in [1.807, 2.05) is 25.4 Å². The first-order valence-electron chi connectivity index (χ1n) is 12.6. The van der Waals surface area contributed by atoms with E-state index in [0.29, 0.717) is 0 Å². The van der Waals surface area contributed by atoms with Gasteiger partial charge in [-0.1, -0.05) is 42.5 Å². The number of rotatable bonds is 2. The van der Waals surface area contributed by atoms with Gasteiger partial charge < -0.3 is 19.6 Å². The summed E-state index contributed by atoms with van der Waals surface area (Å²) in [4.78, 5) is 21.2. The highest BCUT2D eigenvalue weighted by atomic mass is 16.5. The third-order valence-electron chi connectivity index (χ3n) is 8.44. The minimum atomic E-state index is -0.937. The molecule has 37 heavy (non-hydrogen) atoms. The number of carboxylic acids is 1. The summed E-state index contributed by atoms with van der Waals surface area (Å²) >= 11 is 0. The number of carbonyl (C=O) groups is 1. The minimum Gasteiger partial charge on any atom is -0.478 e. The fourth-order valence-electron chi connectivity index (χ4n) is 6.38. The number of fused-ring (bicyclic) bond motifs is 5. The van der Waals surface area contributed by atoms with Crippen molar-refractivity contribution in [3.8, 4) is 5.75 Å². The molecule has 0 bridgehead atoms. The molecule has 0 unspecified atom stereocenters. The van der Waals surface area contributed by atoms with Gasteiger partial charge in [-0.15, -0.1) is 0 Å². The maximum absolute atomic E-state index is 11.7. The number of benzene rings is 4. The van der Waals surface area contributed by atoms with Gasteiger partial charge in [0.1, 0.15) is 5.69 Å². The Morgan fingerprint density at radius 1 is 0.946 bits per heavy atom. The molecule has 4 aromatic carbocycles. The van der Waals surface area contributed by atoms with E-state index in [0.717, 1.165) is 52.1 Å². The number of aliphatic imine (C=N–C) groups is 1. The number of hydrogen-bond acceptors (Lipinski definition) is 5. The first-order chi connectivity index (χ1) is 17.8. The Labute approximate surface area is 215 Å². The summed E-state index contributed by atoms with van der Waals surface area (Å²) in [7, 11) is 1.99. The molecular weight excluding hydrogens is 462 g/mol. The van der Waals surface area contributed by atoms with Gasteiger partial charge in [0.25, 0.3) is 0 Å². The zero-order chi connectivity index (χ0) is 25.5. The van der Waals surface area contributed by atoms with E-state index in [4.69, 9.17) is 9.73 Å². The highest BCUT2D eigenvalue weighted by Gasteiger charge is 2.58. The Bertz CT molecular complexity index is 1660. The van der Waals surface area contributed by atoms with Gasteiger partial charge >= 0.3 is 5.97 Å². The quantitative estimate of drug-likeness (QED) is 0.351. The van der Waals surface area contributed by atoms with Crippen LogP contribution in [0.25, 0.3) is 10.8 Å². The number of hydrogen-bond donors (Lipinski definition) is 1. The molecular formula is C31H27N3O3. The zero-order valence-corrected chi connectivity index (χ0v) is 21.0. The number of anilines is 3. The Hall–Kier alpha value is -4.32. The van der Waals surface area contributed by atoms with Gasteiger partial charge in [0.2, 0.25) is 5.72 Å². The van der Waals surface area contributed by atoms with Gasteiger partial charge in [-0.2, -0.15) is 0 Å². The summed E-state index contributed by atoms with van der Waals surface area (Å²) in [5, 5.41) is 11.8. The van der Waals surface area contributed by atoms with E-state index in [-0.39, 0.29) is 5.56 Å². The maximum Gasteiger partial charge on any atom is 0.335 e. The molecule has 0 amide bonds. The lowest BCUT2D eigenvalue weighted by Crippen LogP contribution is -2.61. The highest BCUT2D eigenvalue weighted by Crippen LogP contribution is 2.55. The molecule has 3 aliphatic heterocycles. The Morgan fingerprint density at radius 2 is 1.70 bits per heavy atom. The standard InChI is InChI=1S/C31H27N3O3/c1-30(2)23-16-20(29(35)36)12-13-25(23)33(3)31(30)18-32-28-22-10-6-5-9-21(22)26(17-27(28)37-31)34-15-14-19-8-4-7-11-24(19)34/h4-13,16-18H,14-15H2,1-3H3,(H,35,36)/t31-/m0/s1. The van der Waals surface area contributed by atoms with Crippen molar-refractivity contribution in [1.82, 2.24) is 0 Å². The van der Waals surface area contributed by atoms with Gasteiger partial charge in [0.15, 0.2) is 5.75 Å². The predicted octanol–water partition coefficient (Wildman–Crippen LogP) is 6.45. The third-order valence-corrected chi connectivity index (χ3v) is 8.44. The largest absolute Gasteiger partial charge is 0.478 e.